The van der Waals surface area contributed by atoms with Crippen LogP contribution in [0.4, 0.5) is 9.52 Å². The number of fused-ring (bicyclic) bond motifs is 1. The highest BCUT2D eigenvalue weighted by Crippen LogP contribution is 2.24. The van der Waals surface area contributed by atoms with Crippen molar-refractivity contribution in [2.75, 3.05) is 5.32 Å². The van der Waals surface area contributed by atoms with Crippen molar-refractivity contribution in [2.45, 2.75) is 13.5 Å². The minimum atomic E-state index is -0.674. The van der Waals surface area contributed by atoms with Crippen LogP contribution in [-0.4, -0.2) is 20.7 Å². The van der Waals surface area contributed by atoms with E-state index in [1.54, 1.807) is 0 Å². The maximum atomic E-state index is 13.6. The number of amides is 1. The lowest BCUT2D eigenvalue weighted by Crippen LogP contribution is -2.27. The first-order valence-corrected chi connectivity index (χ1v) is 9.47. The van der Waals surface area contributed by atoms with Crippen LogP contribution in [-0.2, 0) is 6.54 Å². The van der Waals surface area contributed by atoms with Gasteiger partial charge in [0.05, 0.1) is 16.6 Å². The highest BCUT2D eigenvalue weighted by atomic mass is 32.1. The molecule has 0 saturated carbocycles. The Kier molecular flexibility index (Phi) is 4.70. The zero-order valence-corrected chi connectivity index (χ0v) is 15.7. The van der Waals surface area contributed by atoms with Crippen LogP contribution in [0.25, 0.3) is 22.2 Å². The molecule has 2 heterocycles. The van der Waals surface area contributed by atoms with Gasteiger partial charge >= 0.3 is 0 Å². The van der Waals surface area contributed by atoms with Crippen LogP contribution >= 0.6 is 11.3 Å². The number of hydrogen-bond acceptors (Lipinski definition) is 5. The monoisotopic (exact) mass is 394 g/mol. The predicted molar refractivity (Wildman–Crippen MR) is 107 cm³/mol. The van der Waals surface area contributed by atoms with E-state index in [1.165, 1.54) is 28.2 Å². The van der Waals surface area contributed by atoms with Gasteiger partial charge in [0.15, 0.2) is 10.8 Å². The van der Waals surface area contributed by atoms with E-state index < -0.39 is 17.2 Å². The lowest BCUT2D eigenvalue weighted by atomic mass is 10.2. The molecule has 0 spiro atoms. The molecule has 0 unspecified atom stereocenters. The third kappa shape index (κ3) is 3.29. The Bertz CT molecular complexity index is 1230. The molecule has 4 rings (SSSR count). The molecular formula is C20H15FN4O2S. The molecule has 0 aliphatic heterocycles. The van der Waals surface area contributed by atoms with Crippen molar-refractivity contribution < 1.29 is 9.18 Å². The van der Waals surface area contributed by atoms with Crippen LogP contribution < -0.4 is 10.7 Å². The smallest absolute Gasteiger partial charge is 0.281 e. The number of aryl methyl sites for hydroxylation is 1. The quantitative estimate of drug-likeness (QED) is 0.569. The van der Waals surface area contributed by atoms with Crippen molar-refractivity contribution in [1.29, 1.82) is 0 Å². The van der Waals surface area contributed by atoms with Crippen molar-refractivity contribution in [2.24, 2.45) is 0 Å². The maximum absolute atomic E-state index is 13.6. The second-order valence-corrected chi connectivity index (χ2v) is 6.87. The van der Waals surface area contributed by atoms with Crippen molar-refractivity contribution >= 4 is 33.3 Å². The minimum absolute atomic E-state index is 0.117. The van der Waals surface area contributed by atoms with E-state index >= 15 is 0 Å². The Morgan fingerprint density at radius 3 is 2.75 bits per heavy atom. The van der Waals surface area contributed by atoms with E-state index in [1.807, 2.05) is 42.6 Å². The average Bonchev–Trinajstić information content (AvgIpc) is 3.17. The molecule has 1 amide bonds. The Balaban J connectivity index is 1.69. The number of aromatic nitrogens is 3. The van der Waals surface area contributed by atoms with Crippen LogP contribution in [0.15, 0.2) is 58.7 Å². The van der Waals surface area contributed by atoms with Gasteiger partial charge in [-0.15, -0.1) is 11.3 Å². The molecule has 4 aromatic rings. The third-order valence-electron chi connectivity index (χ3n) is 4.23. The molecule has 0 atom stereocenters. The number of anilines is 1. The first-order chi connectivity index (χ1) is 13.6. The first kappa shape index (κ1) is 18.0. The molecule has 1 N–H and O–H groups in total. The molecule has 2 aromatic carbocycles. The fourth-order valence-corrected chi connectivity index (χ4v) is 3.60. The highest BCUT2D eigenvalue weighted by Gasteiger charge is 2.19. The number of carbonyl (C=O) groups is 1. The Morgan fingerprint density at radius 2 is 2.00 bits per heavy atom. The Labute approximate surface area is 163 Å². The maximum Gasteiger partial charge on any atom is 0.281 e. The number of hydrogen-bond donors (Lipinski definition) is 1. The van der Waals surface area contributed by atoms with Gasteiger partial charge in [0, 0.05) is 17.5 Å². The number of nitrogens with zero attached hydrogens (tertiary/aromatic N) is 3. The van der Waals surface area contributed by atoms with E-state index in [0.29, 0.717) is 17.2 Å². The summed E-state index contributed by atoms with van der Waals surface area (Å²) in [6.07, 6.45) is 0. The average molecular weight is 394 g/mol. The summed E-state index contributed by atoms with van der Waals surface area (Å²) in [7, 11) is 0. The van der Waals surface area contributed by atoms with E-state index in [9.17, 15) is 14.0 Å². The van der Waals surface area contributed by atoms with E-state index in [4.69, 9.17) is 0 Å². The predicted octanol–water partition coefficient (Wildman–Crippen LogP) is 3.93. The number of carbonyl (C=O) groups excluding carboxylic acids is 1. The van der Waals surface area contributed by atoms with Gasteiger partial charge in [0.2, 0.25) is 5.43 Å². The highest BCUT2D eigenvalue weighted by molar-refractivity contribution is 7.14. The zero-order chi connectivity index (χ0) is 19.7. The molecule has 0 aliphatic rings. The largest absolute Gasteiger partial charge is 0.296 e. The van der Waals surface area contributed by atoms with Crippen LogP contribution in [0.2, 0.25) is 0 Å². The summed E-state index contributed by atoms with van der Waals surface area (Å²) in [4.78, 5) is 29.7. The number of benzene rings is 2. The fraction of sp³-hybridized carbons (Fsp3) is 0.100. The van der Waals surface area contributed by atoms with Gasteiger partial charge in [0.1, 0.15) is 5.82 Å². The van der Waals surface area contributed by atoms with Gasteiger partial charge in [-0.2, -0.15) is 5.10 Å². The second-order valence-electron chi connectivity index (χ2n) is 6.01. The molecule has 0 radical (unpaired) electrons. The van der Waals surface area contributed by atoms with E-state index in [0.717, 1.165) is 17.3 Å². The number of halogens is 1. The zero-order valence-electron chi connectivity index (χ0n) is 14.8. The number of nitrogens with one attached hydrogen (secondary N) is 1. The third-order valence-corrected chi connectivity index (χ3v) is 4.98. The van der Waals surface area contributed by atoms with Crippen LogP contribution in [0.5, 0.6) is 0 Å². The van der Waals surface area contributed by atoms with Gasteiger partial charge in [-0.05, 0) is 25.1 Å². The molecule has 28 heavy (non-hydrogen) atoms. The lowest BCUT2D eigenvalue weighted by molar-refractivity contribution is 0.101. The number of rotatable bonds is 4. The van der Waals surface area contributed by atoms with Crippen molar-refractivity contribution in [1.82, 2.24) is 14.8 Å². The topological polar surface area (TPSA) is 76.9 Å². The number of thiazole rings is 1. The summed E-state index contributed by atoms with van der Waals surface area (Å²) >= 11 is 1.25. The standard InChI is InChI=1S/C20H15FN4O2S/c1-2-25-16-9-8-13(21)10-14(16)18(26)17(24-25)19(27)23-20-22-15(11-28-20)12-6-4-3-5-7-12/h3-11H,2H2,1H3,(H,22,23,27). The summed E-state index contributed by atoms with van der Waals surface area (Å²) in [6, 6.07) is 13.4. The summed E-state index contributed by atoms with van der Waals surface area (Å²) < 4.78 is 15.1. The molecule has 8 heteroatoms. The van der Waals surface area contributed by atoms with Crippen molar-refractivity contribution in [3.63, 3.8) is 0 Å². The SMILES string of the molecule is CCn1nc(C(=O)Nc2nc(-c3ccccc3)cs2)c(=O)c2cc(F)ccc21. The summed E-state index contributed by atoms with van der Waals surface area (Å²) in [5.74, 6) is -1.22. The molecule has 0 bridgehead atoms. The molecule has 6 nitrogen and oxygen atoms in total. The minimum Gasteiger partial charge on any atom is -0.296 e. The summed E-state index contributed by atoms with van der Waals surface area (Å²) in [6.45, 7) is 2.26. The van der Waals surface area contributed by atoms with Crippen LogP contribution in [0.3, 0.4) is 0 Å². The van der Waals surface area contributed by atoms with E-state index in [2.05, 4.69) is 15.4 Å². The van der Waals surface area contributed by atoms with Gasteiger partial charge in [-0.3, -0.25) is 19.6 Å². The molecule has 0 aliphatic carbocycles. The Hall–Kier alpha value is -3.39. The first-order valence-electron chi connectivity index (χ1n) is 8.59. The second kappa shape index (κ2) is 7.32. The van der Waals surface area contributed by atoms with Gasteiger partial charge in [-0.25, -0.2) is 9.37 Å². The van der Waals surface area contributed by atoms with Gasteiger partial charge in [0.25, 0.3) is 5.91 Å². The van der Waals surface area contributed by atoms with Crippen molar-refractivity contribution in [3.8, 4) is 11.3 Å². The molecule has 0 saturated heterocycles. The van der Waals surface area contributed by atoms with E-state index in [-0.39, 0.29) is 11.1 Å². The summed E-state index contributed by atoms with van der Waals surface area (Å²) in [5, 5.41) is 9.06. The molecule has 140 valence electrons. The molecule has 2 aromatic heterocycles. The van der Waals surface area contributed by atoms with Crippen LogP contribution in [0, 0.1) is 5.82 Å². The molecule has 0 fully saturated rings. The summed E-state index contributed by atoms with van der Waals surface area (Å²) in [5.41, 5.74) is 1.21. The fourth-order valence-electron chi connectivity index (χ4n) is 2.88. The van der Waals surface area contributed by atoms with Crippen LogP contribution in [0.1, 0.15) is 17.4 Å². The van der Waals surface area contributed by atoms with Crippen molar-refractivity contribution in [3.05, 3.63) is 75.6 Å². The normalized spacial score (nSPS) is 10.9. The molecular weight excluding hydrogens is 379 g/mol. The van der Waals surface area contributed by atoms with Gasteiger partial charge in [-0.1, -0.05) is 30.3 Å². The van der Waals surface area contributed by atoms with Gasteiger partial charge < -0.3 is 0 Å². The Morgan fingerprint density at radius 1 is 1.21 bits per heavy atom. The lowest BCUT2D eigenvalue weighted by Gasteiger charge is -2.09.